The van der Waals surface area contributed by atoms with E-state index in [1.807, 2.05) is 31.2 Å². The lowest BCUT2D eigenvalue weighted by Crippen LogP contribution is -2.12. The van der Waals surface area contributed by atoms with Crippen LogP contribution in [0.4, 0.5) is 5.00 Å². The van der Waals surface area contributed by atoms with Crippen molar-refractivity contribution in [3.8, 4) is 17.5 Å². The molecule has 0 unspecified atom stereocenters. The number of anilines is 1. The fraction of sp³-hybridized carbons (Fsp3) is 0.222. The van der Waals surface area contributed by atoms with Crippen LogP contribution in [-0.4, -0.2) is 27.4 Å². The maximum atomic E-state index is 12.2. The summed E-state index contributed by atoms with van der Waals surface area (Å²) >= 11 is 2.32. The Balaban J connectivity index is 1.86. The van der Waals surface area contributed by atoms with Crippen LogP contribution >= 0.6 is 23.1 Å². The number of ether oxygens (including phenoxy) is 1. The fourth-order valence-electron chi connectivity index (χ4n) is 2.52. The van der Waals surface area contributed by atoms with Crippen LogP contribution in [0.1, 0.15) is 33.3 Å². The van der Waals surface area contributed by atoms with E-state index in [1.54, 1.807) is 6.92 Å². The molecule has 1 aromatic carbocycles. The number of thiophene rings is 1. The predicted molar refractivity (Wildman–Crippen MR) is 109 cm³/mol. The van der Waals surface area contributed by atoms with E-state index in [4.69, 9.17) is 16.3 Å². The summed E-state index contributed by atoms with van der Waals surface area (Å²) in [6, 6.07) is 9.83. The number of aryl methyl sites for hydroxylation is 1. The summed E-state index contributed by atoms with van der Waals surface area (Å²) in [6.07, 6.45) is 0. The molecule has 0 spiro atoms. The Kier molecular flexibility index (Phi) is 5.87. The molecule has 3 rings (SSSR count). The number of rotatable bonds is 6. The second-order valence-electron chi connectivity index (χ2n) is 5.81. The maximum Gasteiger partial charge on any atom is 0.348 e. The molecule has 0 saturated heterocycles. The van der Waals surface area contributed by atoms with Crippen LogP contribution in [-0.2, 0) is 10.5 Å². The van der Waals surface area contributed by atoms with E-state index in [9.17, 15) is 10.1 Å². The average molecular weight is 415 g/mol. The molecule has 0 atom stereocenters. The lowest BCUT2D eigenvalue weighted by molar-refractivity contribution is 0.0531. The molecule has 0 aliphatic rings. The van der Waals surface area contributed by atoms with E-state index >= 15 is 0 Å². The number of nitrogen functional groups attached to an aromatic ring is 2. The van der Waals surface area contributed by atoms with Gasteiger partial charge in [-0.2, -0.15) is 5.26 Å². The Labute approximate surface area is 170 Å². The standard InChI is InChI=1S/C18H18N6O2S2/c1-3-26-17(25)14-13(12(8-19)15(20)28-14)9-27-18-23-22-16(24(18)21)11-6-4-10(2)5-7-11/h4-7H,3,9,20-21H2,1-2H3. The maximum absolute atomic E-state index is 12.2. The molecule has 0 fully saturated rings. The quantitative estimate of drug-likeness (QED) is 0.357. The third kappa shape index (κ3) is 3.81. The minimum absolute atomic E-state index is 0.238. The molecular formula is C18H18N6O2S2. The highest BCUT2D eigenvalue weighted by atomic mass is 32.2. The number of carbonyl (C=O) groups is 1. The van der Waals surface area contributed by atoms with Crippen molar-refractivity contribution in [2.75, 3.05) is 18.2 Å². The van der Waals surface area contributed by atoms with Gasteiger partial charge in [0, 0.05) is 16.9 Å². The number of hydrogen-bond donors (Lipinski definition) is 2. The lowest BCUT2D eigenvalue weighted by Gasteiger charge is -2.06. The van der Waals surface area contributed by atoms with Crippen molar-refractivity contribution in [2.45, 2.75) is 24.8 Å². The molecule has 3 aromatic rings. The highest BCUT2D eigenvalue weighted by molar-refractivity contribution is 7.98. The first-order chi connectivity index (χ1) is 13.5. The van der Waals surface area contributed by atoms with Crippen molar-refractivity contribution >= 4 is 34.1 Å². The van der Waals surface area contributed by atoms with Gasteiger partial charge in [0.25, 0.3) is 0 Å². The molecule has 2 heterocycles. The number of carbonyl (C=O) groups excluding carboxylic acids is 1. The normalized spacial score (nSPS) is 10.6. The summed E-state index contributed by atoms with van der Waals surface area (Å²) in [7, 11) is 0. The molecule has 0 radical (unpaired) electrons. The number of benzene rings is 1. The van der Waals surface area contributed by atoms with Crippen molar-refractivity contribution in [1.82, 2.24) is 14.9 Å². The molecule has 2 aromatic heterocycles. The second-order valence-corrected chi connectivity index (χ2v) is 7.81. The fourth-order valence-corrected chi connectivity index (χ4v) is 4.43. The number of nitrogens with two attached hydrogens (primary N) is 2. The Morgan fingerprint density at radius 3 is 2.71 bits per heavy atom. The van der Waals surface area contributed by atoms with Gasteiger partial charge in [-0.25, -0.2) is 9.47 Å². The molecular weight excluding hydrogens is 396 g/mol. The molecule has 4 N–H and O–H groups in total. The van der Waals surface area contributed by atoms with E-state index in [1.165, 1.54) is 16.4 Å². The van der Waals surface area contributed by atoms with Crippen LogP contribution in [0.2, 0.25) is 0 Å². The Morgan fingerprint density at radius 2 is 2.07 bits per heavy atom. The minimum atomic E-state index is -0.495. The van der Waals surface area contributed by atoms with Gasteiger partial charge in [-0.05, 0) is 13.8 Å². The monoisotopic (exact) mass is 414 g/mol. The molecule has 0 amide bonds. The van der Waals surface area contributed by atoms with E-state index in [0.717, 1.165) is 22.5 Å². The van der Waals surface area contributed by atoms with Crippen LogP contribution in [0, 0.1) is 18.3 Å². The predicted octanol–water partition coefficient (Wildman–Crippen LogP) is 2.95. The molecule has 0 bridgehead atoms. The van der Waals surface area contributed by atoms with Gasteiger partial charge in [0.1, 0.15) is 15.9 Å². The Hall–Kier alpha value is -3.03. The number of nitrogens with zero attached hydrogens (tertiary/aromatic N) is 4. The van der Waals surface area contributed by atoms with Gasteiger partial charge in [0.05, 0.1) is 12.2 Å². The van der Waals surface area contributed by atoms with E-state index < -0.39 is 5.97 Å². The number of hydrogen-bond acceptors (Lipinski definition) is 9. The first-order valence-electron chi connectivity index (χ1n) is 8.34. The highest BCUT2D eigenvalue weighted by Crippen LogP contribution is 2.35. The number of thioether (sulfide) groups is 1. The minimum Gasteiger partial charge on any atom is -0.462 e. The van der Waals surface area contributed by atoms with Gasteiger partial charge >= 0.3 is 5.97 Å². The molecule has 10 heteroatoms. The number of aromatic nitrogens is 3. The largest absolute Gasteiger partial charge is 0.462 e. The summed E-state index contributed by atoms with van der Waals surface area (Å²) in [5, 5.41) is 18.4. The number of esters is 1. The Morgan fingerprint density at radius 1 is 1.36 bits per heavy atom. The smallest absolute Gasteiger partial charge is 0.348 e. The summed E-state index contributed by atoms with van der Waals surface area (Å²) in [4.78, 5) is 12.5. The Bertz CT molecular complexity index is 1050. The zero-order chi connectivity index (χ0) is 20.3. The summed E-state index contributed by atoms with van der Waals surface area (Å²) in [5.41, 5.74) is 8.68. The molecule has 0 saturated carbocycles. The second kappa shape index (κ2) is 8.33. The van der Waals surface area contributed by atoms with E-state index in [0.29, 0.717) is 21.4 Å². The zero-order valence-corrected chi connectivity index (χ0v) is 16.9. The zero-order valence-electron chi connectivity index (χ0n) is 15.3. The van der Waals surface area contributed by atoms with E-state index in [-0.39, 0.29) is 22.9 Å². The molecule has 0 aliphatic carbocycles. The van der Waals surface area contributed by atoms with Crippen molar-refractivity contribution < 1.29 is 9.53 Å². The van der Waals surface area contributed by atoms with Crippen LogP contribution < -0.4 is 11.6 Å². The average Bonchev–Trinajstić information content (AvgIpc) is 3.20. The topological polar surface area (TPSA) is 133 Å². The van der Waals surface area contributed by atoms with Gasteiger partial charge in [0.2, 0.25) is 5.16 Å². The molecule has 8 nitrogen and oxygen atoms in total. The SMILES string of the molecule is CCOC(=O)c1sc(N)c(C#N)c1CSc1nnc(-c2ccc(C)cc2)n1N. The van der Waals surface area contributed by atoms with Gasteiger partial charge < -0.3 is 16.3 Å². The van der Waals surface area contributed by atoms with Crippen molar-refractivity contribution in [3.63, 3.8) is 0 Å². The van der Waals surface area contributed by atoms with Crippen LogP contribution in [0.25, 0.3) is 11.4 Å². The highest BCUT2D eigenvalue weighted by Gasteiger charge is 2.24. The lowest BCUT2D eigenvalue weighted by atomic mass is 10.1. The van der Waals surface area contributed by atoms with Crippen LogP contribution in [0.5, 0.6) is 0 Å². The van der Waals surface area contributed by atoms with Gasteiger partial charge in [0.15, 0.2) is 5.82 Å². The first-order valence-corrected chi connectivity index (χ1v) is 10.1. The van der Waals surface area contributed by atoms with Crippen LogP contribution in [0.3, 0.4) is 0 Å². The molecule has 144 valence electrons. The van der Waals surface area contributed by atoms with Crippen LogP contribution in [0.15, 0.2) is 29.4 Å². The third-order valence-corrected chi connectivity index (χ3v) is 5.94. The summed E-state index contributed by atoms with van der Waals surface area (Å²) in [6.45, 7) is 3.96. The van der Waals surface area contributed by atoms with Gasteiger partial charge in [-0.3, -0.25) is 0 Å². The molecule has 28 heavy (non-hydrogen) atoms. The van der Waals surface area contributed by atoms with E-state index in [2.05, 4.69) is 16.3 Å². The van der Waals surface area contributed by atoms with Crippen molar-refractivity contribution in [1.29, 1.82) is 5.26 Å². The number of nitriles is 1. The van der Waals surface area contributed by atoms with Gasteiger partial charge in [-0.15, -0.1) is 21.5 Å². The van der Waals surface area contributed by atoms with Crippen molar-refractivity contribution in [3.05, 3.63) is 45.8 Å². The van der Waals surface area contributed by atoms with Gasteiger partial charge in [-0.1, -0.05) is 41.6 Å². The third-order valence-electron chi connectivity index (χ3n) is 3.93. The summed E-state index contributed by atoms with van der Waals surface area (Å²) in [5.74, 6) is 6.47. The first kappa shape index (κ1) is 19.7. The summed E-state index contributed by atoms with van der Waals surface area (Å²) < 4.78 is 6.46. The molecule has 0 aliphatic heterocycles. The van der Waals surface area contributed by atoms with Crippen molar-refractivity contribution in [2.24, 2.45) is 0 Å².